The Morgan fingerprint density at radius 3 is 2.46 bits per heavy atom. The Labute approximate surface area is 161 Å². The van der Waals surface area contributed by atoms with Crippen molar-refractivity contribution in [2.24, 2.45) is 0 Å². The van der Waals surface area contributed by atoms with Crippen LogP contribution >= 0.6 is 0 Å². The van der Waals surface area contributed by atoms with Crippen molar-refractivity contribution in [3.63, 3.8) is 0 Å². The maximum Gasteiger partial charge on any atom is 0.256 e. The number of nitrogens with zero attached hydrogens (tertiary/aromatic N) is 4. The fourth-order valence-corrected chi connectivity index (χ4v) is 3.11. The molecule has 0 saturated carbocycles. The molecule has 0 bridgehead atoms. The van der Waals surface area contributed by atoms with Crippen LogP contribution in [0.5, 0.6) is 0 Å². The molecule has 138 valence electrons. The topological polar surface area (TPSA) is 92.8 Å². The highest BCUT2D eigenvalue weighted by molar-refractivity contribution is 6.06. The number of carbonyl (C=O) groups excluding carboxylic acids is 1. The monoisotopic (exact) mass is 371 g/mol. The zero-order valence-electron chi connectivity index (χ0n) is 15.2. The van der Waals surface area contributed by atoms with Gasteiger partial charge in [0, 0.05) is 19.2 Å². The van der Waals surface area contributed by atoms with Crippen LogP contribution in [0.25, 0.3) is 22.2 Å². The molecule has 0 aliphatic rings. The molecule has 4 rings (SSSR count). The molecule has 0 fully saturated rings. The van der Waals surface area contributed by atoms with Crippen molar-refractivity contribution in [2.75, 3.05) is 19.0 Å². The number of benzene rings is 2. The number of nitrogens with one attached hydrogen (secondary N) is 1. The molecular weight excluding hydrogens is 354 g/mol. The van der Waals surface area contributed by atoms with Gasteiger partial charge in [-0.2, -0.15) is 5.26 Å². The van der Waals surface area contributed by atoms with Gasteiger partial charge in [-0.3, -0.25) is 4.79 Å². The van der Waals surface area contributed by atoms with E-state index in [0.717, 1.165) is 5.52 Å². The molecule has 0 atom stereocenters. The number of para-hydroxylation sites is 2. The fraction of sp³-hybridized carbons (Fsp3) is 0.143. The van der Waals surface area contributed by atoms with Gasteiger partial charge in [0.25, 0.3) is 5.91 Å². The first kappa shape index (κ1) is 17.6. The molecule has 0 unspecified atom stereocenters. The van der Waals surface area contributed by atoms with Crippen molar-refractivity contribution in [3.05, 3.63) is 65.7 Å². The Kier molecular flexibility index (Phi) is 4.70. The van der Waals surface area contributed by atoms with Crippen LogP contribution in [0.2, 0.25) is 0 Å². The van der Waals surface area contributed by atoms with E-state index in [0.29, 0.717) is 41.2 Å². The van der Waals surface area contributed by atoms with Gasteiger partial charge in [-0.1, -0.05) is 30.3 Å². The van der Waals surface area contributed by atoms with Crippen molar-refractivity contribution in [1.29, 1.82) is 5.26 Å². The second-order valence-electron chi connectivity index (χ2n) is 6.18. The minimum absolute atomic E-state index is 0.286. The summed E-state index contributed by atoms with van der Waals surface area (Å²) in [7, 11) is 1.60. The molecule has 2 aromatic carbocycles. The van der Waals surface area contributed by atoms with Crippen molar-refractivity contribution >= 4 is 33.9 Å². The Hall–Kier alpha value is -3.76. The summed E-state index contributed by atoms with van der Waals surface area (Å²) in [4.78, 5) is 22.0. The SMILES string of the molecule is COCCn1c(NC(=O)c2ccccc2)c(C#N)c2nc3ccccc3nc21. The quantitative estimate of drug-likeness (QED) is 0.581. The molecule has 0 saturated heterocycles. The first-order valence-electron chi connectivity index (χ1n) is 8.77. The third-order valence-corrected chi connectivity index (χ3v) is 4.45. The Balaban J connectivity index is 1.91. The number of hydrogen-bond donors (Lipinski definition) is 1. The van der Waals surface area contributed by atoms with Gasteiger partial charge >= 0.3 is 0 Å². The van der Waals surface area contributed by atoms with E-state index in [4.69, 9.17) is 4.74 Å². The van der Waals surface area contributed by atoms with Gasteiger partial charge in [0.15, 0.2) is 5.65 Å². The van der Waals surface area contributed by atoms with E-state index in [1.807, 2.05) is 30.3 Å². The average molecular weight is 371 g/mol. The van der Waals surface area contributed by atoms with E-state index in [2.05, 4.69) is 21.4 Å². The van der Waals surface area contributed by atoms with E-state index < -0.39 is 0 Å². The third kappa shape index (κ3) is 3.06. The minimum atomic E-state index is -0.303. The van der Waals surface area contributed by atoms with Crippen LogP contribution in [0.4, 0.5) is 5.82 Å². The van der Waals surface area contributed by atoms with E-state index in [-0.39, 0.29) is 11.5 Å². The number of fused-ring (bicyclic) bond motifs is 2. The predicted molar refractivity (Wildman–Crippen MR) is 106 cm³/mol. The lowest BCUT2D eigenvalue weighted by atomic mass is 10.2. The number of anilines is 1. The maximum absolute atomic E-state index is 12.7. The zero-order chi connectivity index (χ0) is 19.5. The lowest BCUT2D eigenvalue weighted by molar-refractivity contribution is 0.102. The summed E-state index contributed by atoms with van der Waals surface area (Å²) in [6.45, 7) is 0.823. The molecule has 1 N–H and O–H groups in total. The van der Waals surface area contributed by atoms with Gasteiger partial charge in [0.05, 0.1) is 17.6 Å². The molecule has 2 heterocycles. The van der Waals surface area contributed by atoms with E-state index in [9.17, 15) is 10.1 Å². The van der Waals surface area contributed by atoms with Crippen molar-refractivity contribution in [2.45, 2.75) is 6.54 Å². The van der Waals surface area contributed by atoms with Crippen LogP contribution in [0.3, 0.4) is 0 Å². The molecule has 0 aliphatic heterocycles. The fourth-order valence-electron chi connectivity index (χ4n) is 3.11. The summed E-state index contributed by atoms with van der Waals surface area (Å²) < 4.78 is 6.98. The Morgan fingerprint density at radius 2 is 1.79 bits per heavy atom. The highest BCUT2D eigenvalue weighted by Gasteiger charge is 2.22. The first-order valence-corrected chi connectivity index (χ1v) is 8.77. The van der Waals surface area contributed by atoms with Crippen LogP contribution < -0.4 is 5.32 Å². The summed E-state index contributed by atoms with van der Waals surface area (Å²) in [6, 6.07) is 18.5. The molecule has 4 aromatic rings. The summed E-state index contributed by atoms with van der Waals surface area (Å²) in [6.07, 6.45) is 0. The van der Waals surface area contributed by atoms with Gasteiger partial charge in [-0.25, -0.2) is 9.97 Å². The van der Waals surface area contributed by atoms with Gasteiger partial charge in [0.2, 0.25) is 0 Å². The van der Waals surface area contributed by atoms with E-state index >= 15 is 0 Å². The van der Waals surface area contributed by atoms with Crippen LogP contribution in [0, 0.1) is 11.3 Å². The van der Waals surface area contributed by atoms with Crippen molar-refractivity contribution < 1.29 is 9.53 Å². The van der Waals surface area contributed by atoms with Crippen molar-refractivity contribution in [1.82, 2.24) is 14.5 Å². The average Bonchev–Trinajstić information content (AvgIpc) is 3.02. The van der Waals surface area contributed by atoms with Gasteiger partial charge in [-0.15, -0.1) is 0 Å². The molecule has 2 aromatic heterocycles. The van der Waals surface area contributed by atoms with Crippen LogP contribution in [0.15, 0.2) is 54.6 Å². The second-order valence-corrected chi connectivity index (χ2v) is 6.18. The van der Waals surface area contributed by atoms with Crippen LogP contribution in [0.1, 0.15) is 15.9 Å². The number of methoxy groups -OCH3 is 1. The number of carbonyl (C=O) groups is 1. The molecule has 0 aliphatic carbocycles. The molecule has 7 nitrogen and oxygen atoms in total. The lowest BCUT2D eigenvalue weighted by Gasteiger charge is -2.11. The number of rotatable bonds is 5. The summed E-state index contributed by atoms with van der Waals surface area (Å²) in [5.41, 5.74) is 3.19. The Morgan fingerprint density at radius 1 is 1.11 bits per heavy atom. The summed E-state index contributed by atoms with van der Waals surface area (Å²) in [5.74, 6) is 0.0711. The highest BCUT2D eigenvalue weighted by atomic mass is 16.5. The maximum atomic E-state index is 12.7. The number of hydrogen-bond acceptors (Lipinski definition) is 5. The highest BCUT2D eigenvalue weighted by Crippen LogP contribution is 2.29. The first-order chi connectivity index (χ1) is 13.7. The van der Waals surface area contributed by atoms with E-state index in [1.54, 1.807) is 35.9 Å². The van der Waals surface area contributed by atoms with Gasteiger partial charge < -0.3 is 14.6 Å². The summed E-state index contributed by atoms with van der Waals surface area (Å²) >= 11 is 0. The number of ether oxygens (including phenoxy) is 1. The number of amides is 1. The predicted octanol–water partition coefficient (Wildman–Crippen LogP) is 3.35. The minimum Gasteiger partial charge on any atom is -0.383 e. The van der Waals surface area contributed by atoms with E-state index in [1.165, 1.54) is 0 Å². The molecule has 1 amide bonds. The van der Waals surface area contributed by atoms with Crippen LogP contribution in [-0.2, 0) is 11.3 Å². The summed E-state index contributed by atoms with van der Waals surface area (Å²) in [5, 5.41) is 12.7. The standard InChI is InChI=1S/C21H17N5O2/c1-28-12-11-26-19(25-21(27)14-7-3-2-4-8-14)15(13-22)18-20(26)24-17-10-6-5-9-16(17)23-18/h2-10H,11-12H2,1H3,(H,25,27). The third-order valence-electron chi connectivity index (χ3n) is 4.45. The normalized spacial score (nSPS) is 10.9. The number of nitriles is 1. The van der Waals surface area contributed by atoms with Gasteiger partial charge in [-0.05, 0) is 24.3 Å². The van der Waals surface area contributed by atoms with Gasteiger partial charge in [0.1, 0.15) is 23.0 Å². The molecule has 28 heavy (non-hydrogen) atoms. The number of aromatic nitrogens is 3. The molecular formula is C21H17N5O2. The molecule has 7 heteroatoms. The second kappa shape index (κ2) is 7.47. The van der Waals surface area contributed by atoms with Crippen molar-refractivity contribution in [3.8, 4) is 6.07 Å². The molecule has 0 spiro atoms. The smallest absolute Gasteiger partial charge is 0.256 e. The zero-order valence-corrected chi connectivity index (χ0v) is 15.2. The Bertz CT molecular complexity index is 1210. The van der Waals surface area contributed by atoms with Crippen LogP contribution in [-0.4, -0.2) is 34.2 Å². The lowest BCUT2D eigenvalue weighted by Crippen LogP contribution is -2.17. The molecule has 0 radical (unpaired) electrons. The largest absolute Gasteiger partial charge is 0.383 e.